The number of benzene rings is 2. The molecule has 0 N–H and O–H groups in total. The predicted octanol–water partition coefficient (Wildman–Crippen LogP) is 6.74. The molecule has 0 saturated heterocycles. The van der Waals surface area contributed by atoms with Crippen LogP contribution in [-0.4, -0.2) is 21.4 Å². The van der Waals surface area contributed by atoms with Crippen LogP contribution in [0.3, 0.4) is 0 Å². The Morgan fingerprint density at radius 3 is 2.36 bits per heavy atom. The van der Waals surface area contributed by atoms with Crippen LogP contribution in [0.5, 0.6) is 5.88 Å². The molecule has 2 heterocycles. The summed E-state index contributed by atoms with van der Waals surface area (Å²) >= 11 is 6.16. The molecule has 0 amide bonds. The Kier molecular flexibility index (Phi) is 8.27. The standard InChI is InChI=1S/C30H26ClN3O2/c1-3-4-6-9-22(2)21-36-29-27(24-12-14-26(31)15-13-24)28(25-16-18-32-19-17-25)30(35)34(33-29)20-23-10-7-5-8-11-23/h3-19H,1,20-21H2,2H3/b6-4-,22-9+. The summed E-state index contributed by atoms with van der Waals surface area (Å²) in [7, 11) is 0. The molecule has 4 aromatic rings. The van der Waals surface area contributed by atoms with Gasteiger partial charge < -0.3 is 4.74 Å². The van der Waals surface area contributed by atoms with Gasteiger partial charge >= 0.3 is 0 Å². The predicted molar refractivity (Wildman–Crippen MR) is 146 cm³/mol. The van der Waals surface area contributed by atoms with E-state index in [4.69, 9.17) is 21.4 Å². The van der Waals surface area contributed by atoms with E-state index in [-0.39, 0.29) is 5.56 Å². The molecule has 0 radical (unpaired) electrons. The quantitative estimate of drug-likeness (QED) is 0.241. The third-order valence-corrected chi connectivity index (χ3v) is 5.72. The number of aromatic nitrogens is 3. The van der Waals surface area contributed by atoms with E-state index in [1.54, 1.807) is 30.6 Å². The summed E-state index contributed by atoms with van der Waals surface area (Å²) in [5.41, 5.74) is 4.35. The van der Waals surface area contributed by atoms with Gasteiger partial charge in [0.15, 0.2) is 0 Å². The summed E-state index contributed by atoms with van der Waals surface area (Å²) in [6.07, 6.45) is 10.8. The number of rotatable bonds is 9. The van der Waals surface area contributed by atoms with Gasteiger partial charge in [-0.2, -0.15) is 0 Å². The number of allylic oxidation sites excluding steroid dienone is 4. The first-order chi connectivity index (χ1) is 17.6. The first-order valence-corrected chi connectivity index (χ1v) is 11.9. The second kappa shape index (κ2) is 12.0. The summed E-state index contributed by atoms with van der Waals surface area (Å²) in [5.74, 6) is 0.361. The van der Waals surface area contributed by atoms with Crippen LogP contribution in [0.15, 0.2) is 120 Å². The zero-order valence-corrected chi connectivity index (χ0v) is 20.7. The third kappa shape index (κ3) is 6.06. The average Bonchev–Trinajstić information content (AvgIpc) is 2.90. The minimum Gasteiger partial charge on any atom is -0.472 e. The molecular formula is C30H26ClN3O2. The van der Waals surface area contributed by atoms with Gasteiger partial charge in [0.2, 0.25) is 5.88 Å². The Morgan fingerprint density at radius 1 is 0.972 bits per heavy atom. The van der Waals surface area contributed by atoms with E-state index in [1.807, 2.05) is 79.7 Å². The Morgan fingerprint density at radius 2 is 1.67 bits per heavy atom. The number of ether oxygens (including phenoxy) is 1. The second-order valence-corrected chi connectivity index (χ2v) is 8.61. The van der Waals surface area contributed by atoms with E-state index in [0.29, 0.717) is 35.2 Å². The summed E-state index contributed by atoms with van der Waals surface area (Å²) < 4.78 is 7.72. The lowest BCUT2D eigenvalue weighted by atomic mass is 9.97. The number of hydrogen-bond donors (Lipinski definition) is 0. The molecule has 6 heteroatoms. The van der Waals surface area contributed by atoms with Gasteiger partial charge in [-0.15, -0.1) is 5.10 Å². The SMILES string of the molecule is C=C/C=C\C=C(/C)COc1nn(Cc2ccccc2)c(=O)c(-c2ccncc2)c1-c1ccc(Cl)cc1. The Bertz CT molecular complexity index is 1440. The molecule has 0 aliphatic rings. The van der Waals surface area contributed by atoms with Crippen molar-refractivity contribution in [2.75, 3.05) is 6.61 Å². The lowest BCUT2D eigenvalue weighted by Gasteiger charge is -2.18. The first kappa shape index (κ1) is 24.9. The highest BCUT2D eigenvalue weighted by Gasteiger charge is 2.22. The molecule has 0 atom stereocenters. The van der Waals surface area contributed by atoms with Crippen LogP contribution in [0.25, 0.3) is 22.3 Å². The lowest BCUT2D eigenvalue weighted by molar-refractivity contribution is 0.327. The van der Waals surface area contributed by atoms with Crippen LogP contribution in [0.1, 0.15) is 12.5 Å². The molecule has 0 aliphatic heterocycles. The van der Waals surface area contributed by atoms with Crippen LogP contribution in [0.4, 0.5) is 0 Å². The molecule has 2 aromatic carbocycles. The molecular weight excluding hydrogens is 470 g/mol. The van der Waals surface area contributed by atoms with Crippen LogP contribution in [0.2, 0.25) is 5.02 Å². The Labute approximate surface area is 215 Å². The molecule has 0 spiro atoms. The lowest BCUT2D eigenvalue weighted by Crippen LogP contribution is -2.27. The summed E-state index contributed by atoms with van der Waals surface area (Å²) in [4.78, 5) is 18.0. The van der Waals surface area contributed by atoms with Gasteiger partial charge in [-0.3, -0.25) is 9.78 Å². The van der Waals surface area contributed by atoms with Gasteiger partial charge in [-0.25, -0.2) is 4.68 Å². The highest BCUT2D eigenvalue weighted by molar-refractivity contribution is 6.30. The van der Waals surface area contributed by atoms with E-state index in [2.05, 4.69) is 11.6 Å². The average molecular weight is 496 g/mol. The molecule has 0 aliphatic carbocycles. The Hall–Kier alpha value is -4.22. The van der Waals surface area contributed by atoms with E-state index >= 15 is 0 Å². The molecule has 36 heavy (non-hydrogen) atoms. The summed E-state index contributed by atoms with van der Waals surface area (Å²) in [6.45, 7) is 6.27. The maximum Gasteiger partial charge on any atom is 0.275 e. The number of nitrogens with zero attached hydrogens (tertiary/aromatic N) is 3. The number of hydrogen-bond acceptors (Lipinski definition) is 4. The van der Waals surface area contributed by atoms with E-state index in [1.165, 1.54) is 4.68 Å². The van der Waals surface area contributed by atoms with Crippen molar-refractivity contribution < 1.29 is 4.74 Å². The van der Waals surface area contributed by atoms with Crippen molar-refractivity contribution >= 4 is 11.6 Å². The fraction of sp³-hybridized carbons (Fsp3) is 0.100. The molecule has 2 aromatic heterocycles. The molecule has 0 bridgehead atoms. The molecule has 0 saturated carbocycles. The maximum absolute atomic E-state index is 13.9. The van der Waals surface area contributed by atoms with Crippen molar-refractivity contribution in [2.24, 2.45) is 0 Å². The largest absolute Gasteiger partial charge is 0.472 e. The third-order valence-electron chi connectivity index (χ3n) is 5.47. The van der Waals surface area contributed by atoms with E-state index in [0.717, 1.165) is 22.3 Å². The van der Waals surface area contributed by atoms with Crippen molar-refractivity contribution in [1.29, 1.82) is 0 Å². The van der Waals surface area contributed by atoms with Crippen LogP contribution in [-0.2, 0) is 6.54 Å². The fourth-order valence-electron chi connectivity index (χ4n) is 3.71. The van der Waals surface area contributed by atoms with Crippen molar-refractivity contribution in [1.82, 2.24) is 14.8 Å². The molecule has 0 fully saturated rings. The van der Waals surface area contributed by atoms with E-state index < -0.39 is 0 Å². The van der Waals surface area contributed by atoms with Gasteiger partial charge in [0, 0.05) is 17.4 Å². The number of pyridine rings is 1. The van der Waals surface area contributed by atoms with Crippen molar-refractivity contribution in [3.63, 3.8) is 0 Å². The van der Waals surface area contributed by atoms with Gasteiger partial charge in [-0.1, -0.05) is 84.9 Å². The second-order valence-electron chi connectivity index (χ2n) is 8.17. The molecule has 4 rings (SSSR count). The minimum atomic E-state index is -0.219. The number of halogens is 1. The Balaban J connectivity index is 1.91. The summed E-state index contributed by atoms with van der Waals surface area (Å²) in [5, 5.41) is 5.29. The van der Waals surface area contributed by atoms with Gasteiger partial charge in [0.25, 0.3) is 5.56 Å². The van der Waals surface area contributed by atoms with Crippen molar-refractivity contribution in [3.05, 3.63) is 137 Å². The maximum atomic E-state index is 13.9. The smallest absolute Gasteiger partial charge is 0.275 e. The van der Waals surface area contributed by atoms with Gasteiger partial charge in [-0.05, 0) is 53.5 Å². The zero-order chi connectivity index (χ0) is 25.3. The highest BCUT2D eigenvalue weighted by Crippen LogP contribution is 2.36. The fourth-order valence-corrected chi connectivity index (χ4v) is 3.84. The first-order valence-electron chi connectivity index (χ1n) is 11.5. The van der Waals surface area contributed by atoms with Gasteiger partial charge in [0.05, 0.1) is 17.7 Å². The molecule has 180 valence electrons. The van der Waals surface area contributed by atoms with Gasteiger partial charge in [0.1, 0.15) is 6.61 Å². The molecule has 0 unspecified atom stereocenters. The normalized spacial score (nSPS) is 11.6. The topological polar surface area (TPSA) is 57.0 Å². The highest BCUT2D eigenvalue weighted by atomic mass is 35.5. The summed E-state index contributed by atoms with van der Waals surface area (Å²) in [6, 6.07) is 20.7. The van der Waals surface area contributed by atoms with Crippen molar-refractivity contribution in [2.45, 2.75) is 13.5 Å². The van der Waals surface area contributed by atoms with Crippen LogP contribution in [0, 0.1) is 0 Å². The van der Waals surface area contributed by atoms with E-state index in [9.17, 15) is 4.79 Å². The van der Waals surface area contributed by atoms with Crippen LogP contribution >= 0.6 is 11.6 Å². The zero-order valence-electron chi connectivity index (χ0n) is 20.0. The van der Waals surface area contributed by atoms with Crippen LogP contribution < -0.4 is 10.3 Å². The minimum absolute atomic E-state index is 0.219. The molecule has 5 nitrogen and oxygen atoms in total. The monoisotopic (exact) mass is 495 g/mol. The van der Waals surface area contributed by atoms with Crippen molar-refractivity contribution in [3.8, 4) is 28.1 Å².